The van der Waals surface area contributed by atoms with Crippen LogP contribution in [0.3, 0.4) is 0 Å². The third-order valence-electron chi connectivity index (χ3n) is 5.36. The molecule has 2 saturated carbocycles. The zero-order valence-corrected chi connectivity index (χ0v) is 13.4. The number of aromatic nitrogens is 4. The smallest absolute Gasteiger partial charge is 0.155 e. The Kier molecular flexibility index (Phi) is 4.10. The molecule has 0 radical (unpaired) electrons. The summed E-state index contributed by atoms with van der Waals surface area (Å²) >= 11 is 0. The van der Waals surface area contributed by atoms with Gasteiger partial charge in [0.15, 0.2) is 5.82 Å². The van der Waals surface area contributed by atoms with E-state index < -0.39 is 0 Å². The maximum atomic E-state index is 5.51. The van der Waals surface area contributed by atoms with Gasteiger partial charge in [-0.15, -0.1) is 0 Å². The molecule has 2 aromatic heterocycles. The van der Waals surface area contributed by atoms with Gasteiger partial charge in [-0.2, -0.15) is 5.10 Å². The molecule has 4 rings (SSSR count). The fraction of sp³-hybridized carbons (Fsp3) is 0.588. The topological polar surface area (TPSA) is 64.9 Å². The molecule has 2 aliphatic rings. The molecule has 1 N–H and O–H groups in total. The summed E-state index contributed by atoms with van der Waals surface area (Å²) in [4.78, 5) is 8.39. The second-order valence-electron chi connectivity index (χ2n) is 6.76. The standard InChI is InChI=1S/C17H23N5O/c1-23-16-6-13-4-15(5-14(13)7-16)19-8-12-2-3-17(20-9-12)22-11-18-10-21-22/h2-3,9-11,13-16,19H,4-8H2,1H3/t13-,14+,15?,16?. The molecule has 0 spiro atoms. The minimum Gasteiger partial charge on any atom is -0.381 e. The highest BCUT2D eigenvalue weighted by molar-refractivity contribution is 5.23. The summed E-state index contributed by atoms with van der Waals surface area (Å²) in [5.41, 5.74) is 1.21. The fourth-order valence-electron chi connectivity index (χ4n) is 4.17. The first-order chi connectivity index (χ1) is 11.3. The summed E-state index contributed by atoms with van der Waals surface area (Å²) in [6.07, 6.45) is 10.7. The maximum Gasteiger partial charge on any atom is 0.155 e. The first kappa shape index (κ1) is 14.8. The summed E-state index contributed by atoms with van der Waals surface area (Å²) in [7, 11) is 1.84. The molecule has 4 atom stereocenters. The number of fused-ring (bicyclic) bond motifs is 1. The summed E-state index contributed by atoms with van der Waals surface area (Å²) < 4.78 is 7.18. The molecule has 0 saturated heterocycles. The number of ether oxygens (including phenoxy) is 1. The van der Waals surface area contributed by atoms with Gasteiger partial charge in [-0.3, -0.25) is 0 Å². The van der Waals surface area contributed by atoms with Crippen LogP contribution in [0.25, 0.3) is 5.82 Å². The van der Waals surface area contributed by atoms with E-state index >= 15 is 0 Å². The van der Waals surface area contributed by atoms with Crippen LogP contribution in [0.15, 0.2) is 31.0 Å². The Labute approximate surface area is 136 Å². The second kappa shape index (κ2) is 6.37. The van der Waals surface area contributed by atoms with Gasteiger partial charge in [0.2, 0.25) is 0 Å². The SMILES string of the molecule is COC1C[C@H]2CC(NCc3ccc(-n4cncn4)nc3)C[C@H]2C1. The van der Waals surface area contributed by atoms with Crippen LogP contribution in [0.5, 0.6) is 0 Å². The van der Waals surface area contributed by atoms with Gasteiger partial charge < -0.3 is 10.1 Å². The van der Waals surface area contributed by atoms with Gasteiger partial charge in [-0.05, 0) is 49.1 Å². The first-order valence-electron chi connectivity index (χ1n) is 8.38. The van der Waals surface area contributed by atoms with E-state index in [-0.39, 0.29) is 0 Å². The lowest BCUT2D eigenvalue weighted by Crippen LogP contribution is -2.27. The normalized spacial score (nSPS) is 29.8. The van der Waals surface area contributed by atoms with Crippen molar-refractivity contribution in [2.75, 3.05) is 7.11 Å². The Balaban J connectivity index is 1.29. The van der Waals surface area contributed by atoms with Crippen LogP contribution in [0.1, 0.15) is 31.2 Å². The van der Waals surface area contributed by atoms with Crippen LogP contribution >= 0.6 is 0 Å². The molecule has 0 aromatic carbocycles. The van der Waals surface area contributed by atoms with Crippen molar-refractivity contribution in [1.29, 1.82) is 0 Å². The average molecular weight is 313 g/mol. The Hall–Kier alpha value is -1.79. The molecule has 0 bridgehead atoms. The van der Waals surface area contributed by atoms with Gasteiger partial charge in [0.1, 0.15) is 12.7 Å². The quantitative estimate of drug-likeness (QED) is 0.914. The number of nitrogens with one attached hydrogen (secondary N) is 1. The van der Waals surface area contributed by atoms with Gasteiger partial charge in [0, 0.05) is 25.9 Å². The van der Waals surface area contributed by atoms with Crippen LogP contribution in [-0.2, 0) is 11.3 Å². The zero-order valence-electron chi connectivity index (χ0n) is 13.4. The number of pyridine rings is 1. The minimum atomic E-state index is 0.500. The van der Waals surface area contributed by atoms with E-state index in [2.05, 4.69) is 26.4 Å². The monoisotopic (exact) mass is 313 g/mol. The molecule has 2 aliphatic carbocycles. The van der Waals surface area contributed by atoms with Gasteiger partial charge in [0.05, 0.1) is 6.10 Å². The maximum absolute atomic E-state index is 5.51. The highest BCUT2D eigenvalue weighted by Crippen LogP contribution is 2.44. The molecule has 6 nitrogen and oxygen atoms in total. The van der Waals surface area contributed by atoms with Crippen molar-refractivity contribution in [3.8, 4) is 5.82 Å². The van der Waals surface area contributed by atoms with E-state index in [4.69, 9.17) is 4.74 Å². The number of rotatable bonds is 5. The van der Waals surface area contributed by atoms with E-state index in [0.29, 0.717) is 12.1 Å². The van der Waals surface area contributed by atoms with Crippen LogP contribution in [0, 0.1) is 11.8 Å². The first-order valence-corrected chi connectivity index (χ1v) is 8.38. The zero-order chi connectivity index (χ0) is 15.6. The van der Waals surface area contributed by atoms with E-state index in [0.717, 1.165) is 24.2 Å². The van der Waals surface area contributed by atoms with Gasteiger partial charge in [-0.25, -0.2) is 14.6 Å². The third-order valence-corrected chi connectivity index (χ3v) is 5.36. The molecule has 122 valence electrons. The fourth-order valence-corrected chi connectivity index (χ4v) is 4.17. The predicted molar refractivity (Wildman–Crippen MR) is 86.0 cm³/mol. The van der Waals surface area contributed by atoms with Crippen LogP contribution in [-0.4, -0.2) is 39.0 Å². The molecule has 23 heavy (non-hydrogen) atoms. The predicted octanol–water partition coefficient (Wildman–Crippen LogP) is 1.96. The molecular formula is C17H23N5O. The van der Waals surface area contributed by atoms with E-state index in [1.54, 1.807) is 11.0 Å². The van der Waals surface area contributed by atoms with Crippen LogP contribution in [0.4, 0.5) is 0 Å². The van der Waals surface area contributed by atoms with E-state index in [1.165, 1.54) is 37.6 Å². The number of methoxy groups -OCH3 is 1. The van der Waals surface area contributed by atoms with E-state index in [1.807, 2.05) is 19.4 Å². The lowest BCUT2D eigenvalue weighted by atomic mass is 10.0. The summed E-state index contributed by atoms with van der Waals surface area (Å²) in [5, 5.41) is 7.79. The van der Waals surface area contributed by atoms with Gasteiger partial charge in [-0.1, -0.05) is 6.07 Å². The van der Waals surface area contributed by atoms with E-state index in [9.17, 15) is 0 Å². The number of hydrogen-bond donors (Lipinski definition) is 1. The van der Waals surface area contributed by atoms with Crippen molar-refractivity contribution in [3.05, 3.63) is 36.5 Å². The number of nitrogens with zero attached hydrogens (tertiary/aromatic N) is 4. The summed E-state index contributed by atoms with van der Waals surface area (Å²) in [6.45, 7) is 0.877. The highest BCUT2D eigenvalue weighted by Gasteiger charge is 2.41. The van der Waals surface area contributed by atoms with Crippen molar-refractivity contribution < 1.29 is 4.74 Å². The highest BCUT2D eigenvalue weighted by atomic mass is 16.5. The average Bonchev–Trinajstić information content (AvgIpc) is 3.29. The Bertz CT molecular complexity index is 613. The van der Waals surface area contributed by atoms with Crippen molar-refractivity contribution >= 4 is 0 Å². The number of hydrogen-bond acceptors (Lipinski definition) is 5. The summed E-state index contributed by atoms with van der Waals surface area (Å²) in [6, 6.07) is 4.73. The van der Waals surface area contributed by atoms with Crippen LogP contribution < -0.4 is 5.32 Å². The van der Waals surface area contributed by atoms with Crippen LogP contribution in [0.2, 0.25) is 0 Å². The lowest BCUT2D eigenvalue weighted by molar-refractivity contribution is 0.100. The minimum absolute atomic E-state index is 0.500. The molecule has 2 unspecified atom stereocenters. The van der Waals surface area contributed by atoms with Crippen molar-refractivity contribution in [2.45, 2.75) is 44.4 Å². The Morgan fingerprint density at radius 1 is 1.22 bits per heavy atom. The molecule has 2 fully saturated rings. The summed E-state index contributed by atoms with van der Waals surface area (Å²) in [5.74, 6) is 2.50. The molecule has 0 amide bonds. The second-order valence-corrected chi connectivity index (χ2v) is 6.76. The van der Waals surface area contributed by atoms with Crippen molar-refractivity contribution in [1.82, 2.24) is 25.1 Å². The molecule has 0 aliphatic heterocycles. The molecule has 2 aromatic rings. The van der Waals surface area contributed by atoms with Crippen molar-refractivity contribution in [2.24, 2.45) is 11.8 Å². The van der Waals surface area contributed by atoms with Gasteiger partial charge in [0.25, 0.3) is 0 Å². The third kappa shape index (κ3) is 3.14. The molecular weight excluding hydrogens is 290 g/mol. The lowest BCUT2D eigenvalue weighted by Gasteiger charge is -2.15. The Morgan fingerprint density at radius 2 is 2.04 bits per heavy atom. The van der Waals surface area contributed by atoms with Gasteiger partial charge >= 0.3 is 0 Å². The molecule has 2 heterocycles. The Morgan fingerprint density at radius 3 is 2.65 bits per heavy atom. The molecule has 6 heteroatoms. The largest absolute Gasteiger partial charge is 0.381 e. The van der Waals surface area contributed by atoms with Crippen molar-refractivity contribution in [3.63, 3.8) is 0 Å².